The summed E-state index contributed by atoms with van der Waals surface area (Å²) in [6.45, 7) is 2.14. The van der Waals surface area contributed by atoms with Crippen LogP contribution in [0, 0.1) is 6.92 Å². The highest BCUT2D eigenvalue weighted by molar-refractivity contribution is 9.08. The normalized spacial score (nSPS) is 10.3. The lowest BCUT2D eigenvalue weighted by molar-refractivity contribution is 1.18. The predicted octanol–water partition coefficient (Wildman–Crippen LogP) is 4.66. The van der Waals surface area contributed by atoms with Crippen LogP contribution in [0.5, 0.6) is 0 Å². The van der Waals surface area contributed by atoms with Gasteiger partial charge in [-0.25, -0.2) is 0 Å². The maximum Gasteiger partial charge on any atom is 0.0437 e. The molecule has 0 fully saturated rings. The summed E-state index contributed by atoms with van der Waals surface area (Å²) < 4.78 is 0. The maximum atomic E-state index is 3.46. The first-order chi connectivity index (χ1) is 8.22. The quantitative estimate of drug-likeness (QED) is 0.743. The van der Waals surface area contributed by atoms with Crippen molar-refractivity contribution in [1.82, 2.24) is 0 Å². The Kier molecular flexibility index (Phi) is 3.85. The van der Waals surface area contributed by atoms with Crippen molar-refractivity contribution in [3.05, 3.63) is 59.7 Å². The van der Waals surface area contributed by atoms with Crippen molar-refractivity contribution in [1.29, 1.82) is 0 Å². The van der Waals surface area contributed by atoms with Crippen LogP contribution in [0.25, 0.3) is 0 Å². The molecule has 2 aromatic carbocycles. The Labute approximate surface area is 111 Å². The average Bonchev–Trinajstić information content (AvgIpc) is 2.39. The van der Waals surface area contributed by atoms with Gasteiger partial charge in [0.05, 0.1) is 0 Å². The molecule has 0 aliphatic heterocycles. The van der Waals surface area contributed by atoms with Gasteiger partial charge in [-0.2, -0.15) is 0 Å². The van der Waals surface area contributed by atoms with Crippen molar-refractivity contribution >= 4 is 27.3 Å². The number of anilines is 2. The first-order valence-corrected chi connectivity index (χ1v) is 6.79. The first-order valence-electron chi connectivity index (χ1n) is 5.66. The number of benzene rings is 2. The Balaban J connectivity index is 2.30. The smallest absolute Gasteiger partial charge is 0.0437 e. The van der Waals surface area contributed by atoms with E-state index >= 15 is 0 Å². The molecule has 0 amide bonds. The molecule has 0 heterocycles. The van der Waals surface area contributed by atoms with Crippen molar-refractivity contribution in [2.75, 3.05) is 11.9 Å². The summed E-state index contributed by atoms with van der Waals surface area (Å²) in [5.41, 5.74) is 5.05. The van der Waals surface area contributed by atoms with Gasteiger partial charge in [0, 0.05) is 23.8 Å². The zero-order valence-electron chi connectivity index (χ0n) is 10.2. The van der Waals surface area contributed by atoms with E-state index in [1.807, 2.05) is 0 Å². The van der Waals surface area contributed by atoms with Gasteiger partial charge in [0.25, 0.3) is 0 Å². The molecule has 2 aromatic rings. The molecule has 17 heavy (non-hydrogen) atoms. The van der Waals surface area contributed by atoms with Gasteiger partial charge in [-0.1, -0.05) is 46.3 Å². The van der Waals surface area contributed by atoms with E-state index in [4.69, 9.17) is 0 Å². The van der Waals surface area contributed by atoms with Crippen LogP contribution in [0.1, 0.15) is 11.1 Å². The summed E-state index contributed by atoms with van der Waals surface area (Å²) in [6.07, 6.45) is 0. The molecule has 0 saturated heterocycles. The van der Waals surface area contributed by atoms with E-state index in [2.05, 4.69) is 83.3 Å². The molecular weight excluding hydrogens is 274 g/mol. The fourth-order valence-electron chi connectivity index (χ4n) is 1.89. The van der Waals surface area contributed by atoms with Gasteiger partial charge >= 0.3 is 0 Å². The van der Waals surface area contributed by atoms with Gasteiger partial charge in [0.1, 0.15) is 0 Å². The molecule has 0 bridgehead atoms. The summed E-state index contributed by atoms with van der Waals surface area (Å²) in [7, 11) is 2.10. The first kappa shape index (κ1) is 12.2. The summed E-state index contributed by atoms with van der Waals surface area (Å²) >= 11 is 3.46. The minimum absolute atomic E-state index is 0.904. The second-order valence-electron chi connectivity index (χ2n) is 4.15. The van der Waals surface area contributed by atoms with E-state index in [0.717, 1.165) is 5.33 Å². The van der Waals surface area contributed by atoms with E-state index in [1.54, 1.807) is 0 Å². The Morgan fingerprint density at radius 3 is 2.24 bits per heavy atom. The van der Waals surface area contributed by atoms with Crippen LogP contribution in [0.2, 0.25) is 0 Å². The van der Waals surface area contributed by atoms with Crippen LogP contribution in [0.15, 0.2) is 48.5 Å². The van der Waals surface area contributed by atoms with Crippen LogP contribution in [-0.4, -0.2) is 7.05 Å². The van der Waals surface area contributed by atoms with E-state index in [9.17, 15) is 0 Å². The predicted molar refractivity (Wildman–Crippen MR) is 78.3 cm³/mol. The molecule has 0 unspecified atom stereocenters. The minimum Gasteiger partial charge on any atom is -0.344 e. The van der Waals surface area contributed by atoms with Crippen LogP contribution in [0.3, 0.4) is 0 Å². The largest absolute Gasteiger partial charge is 0.344 e. The zero-order chi connectivity index (χ0) is 12.3. The SMILES string of the molecule is Cc1ccccc1N(C)c1ccc(CBr)cc1. The van der Waals surface area contributed by atoms with E-state index in [-0.39, 0.29) is 0 Å². The molecule has 88 valence electrons. The van der Waals surface area contributed by atoms with Crippen LogP contribution in [-0.2, 0) is 5.33 Å². The average molecular weight is 290 g/mol. The van der Waals surface area contributed by atoms with Gasteiger partial charge in [-0.3, -0.25) is 0 Å². The topological polar surface area (TPSA) is 3.24 Å². The number of halogens is 1. The van der Waals surface area contributed by atoms with E-state index < -0.39 is 0 Å². The molecule has 0 spiro atoms. The number of nitrogens with zero attached hydrogens (tertiary/aromatic N) is 1. The highest BCUT2D eigenvalue weighted by Crippen LogP contribution is 2.26. The lowest BCUT2D eigenvalue weighted by atomic mass is 10.1. The standard InChI is InChI=1S/C15H16BrN/c1-12-5-3-4-6-15(12)17(2)14-9-7-13(11-16)8-10-14/h3-10H,11H2,1-2H3. The van der Waals surface area contributed by atoms with Crippen molar-refractivity contribution in [2.45, 2.75) is 12.3 Å². The molecule has 0 aromatic heterocycles. The fraction of sp³-hybridized carbons (Fsp3) is 0.200. The third-order valence-corrected chi connectivity index (χ3v) is 3.60. The minimum atomic E-state index is 0.904. The fourth-order valence-corrected chi connectivity index (χ4v) is 2.26. The molecular formula is C15H16BrN. The van der Waals surface area contributed by atoms with Gasteiger partial charge in [-0.15, -0.1) is 0 Å². The molecule has 2 heteroatoms. The van der Waals surface area contributed by atoms with Crippen LogP contribution >= 0.6 is 15.9 Å². The number of hydrogen-bond donors (Lipinski definition) is 0. The molecule has 1 nitrogen and oxygen atoms in total. The summed E-state index contributed by atoms with van der Waals surface area (Å²) in [4.78, 5) is 2.22. The van der Waals surface area contributed by atoms with Crippen molar-refractivity contribution in [2.24, 2.45) is 0 Å². The molecule has 0 atom stereocenters. The van der Waals surface area contributed by atoms with E-state index in [0.29, 0.717) is 0 Å². The van der Waals surface area contributed by atoms with Crippen LogP contribution in [0.4, 0.5) is 11.4 Å². The molecule has 2 rings (SSSR count). The molecule has 0 N–H and O–H groups in total. The summed E-state index contributed by atoms with van der Waals surface area (Å²) in [5, 5.41) is 0.904. The maximum absolute atomic E-state index is 3.46. The number of para-hydroxylation sites is 1. The third kappa shape index (κ3) is 2.70. The summed E-state index contributed by atoms with van der Waals surface area (Å²) in [6, 6.07) is 17.0. The lowest BCUT2D eigenvalue weighted by Crippen LogP contribution is -2.10. The third-order valence-electron chi connectivity index (χ3n) is 2.95. The van der Waals surface area contributed by atoms with Crippen molar-refractivity contribution in [3.63, 3.8) is 0 Å². The Morgan fingerprint density at radius 2 is 1.65 bits per heavy atom. The zero-order valence-corrected chi connectivity index (χ0v) is 11.7. The number of alkyl halides is 1. The highest BCUT2D eigenvalue weighted by Gasteiger charge is 2.05. The van der Waals surface area contributed by atoms with Gasteiger partial charge in [-0.05, 0) is 36.2 Å². The molecule has 0 radical (unpaired) electrons. The monoisotopic (exact) mass is 289 g/mol. The lowest BCUT2D eigenvalue weighted by Gasteiger charge is -2.21. The second-order valence-corrected chi connectivity index (χ2v) is 4.71. The number of aryl methyl sites for hydroxylation is 1. The number of hydrogen-bond acceptors (Lipinski definition) is 1. The summed E-state index contributed by atoms with van der Waals surface area (Å²) in [5.74, 6) is 0. The van der Waals surface area contributed by atoms with E-state index in [1.165, 1.54) is 22.5 Å². The Morgan fingerprint density at radius 1 is 1.00 bits per heavy atom. The van der Waals surface area contributed by atoms with Crippen molar-refractivity contribution in [3.8, 4) is 0 Å². The number of rotatable bonds is 3. The second kappa shape index (κ2) is 5.37. The highest BCUT2D eigenvalue weighted by atomic mass is 79.9. The molecule has 0 aliphatic rings. The van der Waals surface area contributed by atoms with Gasteiger partial charge in [0.15, 0.2) is 0 Å². The van der Waals surface area contributed by atoms with Gasteiger partial charge in [0.2, 0.25) is 0 Å². The van der Waals surface area contributed by atoms with Crippen molar-refractivity contribution < 1.29 is 0 Å². The Hall–Kier alpha value is -1.28. The Bertz CT molecular complexity index is 491. The molecule has 0 saturated carbocycles. The molecule has 0 aliphatic carbocycles. The van der Waals surface area contributed by atoms with Crippen LogP contribution < -0.4 is 4.90 Å². The van der Waals surface area contributed by atoms with Gasteiger partial charge < -0.3 is 4.90 Å².